The van der Waals surface area contributed by atoms with Crippen molar-refractivity contribution >= 4 is 116 Å². The molecule has 3 heterocycles. The zero-order valence-electron chi connectivity index (χ0n) is 23.2. The molecule has 2 aromatic carbocycles. The van der Waals surface area contributed by atoms with Crippen LogP contribution in [0.3, 0.4) is 0 Å². The third kappa shape index (κ3) is 7.55. The number of piperazine rings is 1. The maximum absolute atomic E-state index is 12.9. The molecule has 0 atom stereocenters. The smallest absolute Gasteiger partial charge is 0.266 e. The van der Waals surface area contributed by atoms with Crippen LogP contribution in [0.5, 0.6) is 0 Å². The van der Waals surface area contributed by atoms with E-state index in [1.54, 1.807) is 34.1 Å². The highest BCUT2D eigenvalue weighted by Crippen LogP contribution is 2.35. The van der Waals surface area contributed by atoms with Crippen LogP contribution >= 0.6 is 71.2 Å². The van der Waals surface area contributed by atoms with Gasteiger partial charge in [0.25, 0.3) is 11.8 Å². The molecule has 5 rings (SSSR count). The Morgan fingerprint density at radius 3 is 1.41 bits per heavy atom. The lowest BCUT2D eigenvalue weighted by Crippen LogP contribution is -2.51. The molecule has 0 N–H and O–H groups in total. The van der Waals surface area contributed by atoms with E-state index in [2.05, 4.69) is 0 Å². The van der Waals surface area contributed by atoms with E-state index in [1.807, 2.05) is 36.4 Å². The van der Waals surface area contributed by atoms with Gasteiger partial charge in [-0.15, -0.1) is 0 Å². The van der Waals surface area contributed by atoms with Crippen molar-refractivity contribution in [2.24, 2.45) is 0 Å². The number of thioether (sulfide) groups is 2. The lowest BCUT2D eigenvalue weighted by molar-refractivity contribution is -0.140. The fourth-order valence-electron chi connectivity index (χ4n) is 4.79. The fourth-order valence-corrected chi connectivity index (χ4v) is 7.77. The Hall–Kier alpha value is -2.74. The van der Waals surface area contributed by atoms with Crippen LogP contribution in [0.25, 0.3) is 12.2 Å². The van der Waals surface area contributed by atoms with Crippen LogP contribution in [0, 0.1) is 0 Å². The lowest BCUT2D eigenvalue weighted by Gasteiger charge is -2.35. The van der Waals surface area contributed by atoms with Crippen molar-refractivity contribution in [1.29, 1.82) is 0 Å². The van der Waals surface area contributed by atoms with Crippen LogP contribution in [0.15, 0.2) is 58.3 Å². The monoisotopic (exact) mass is 704 g/mol. The molecule has 3 saturated heterocycles. The molecule has 4 amide bonds. The number of halogens is 2. The van der Waals surface area contributed by atoms with Gasteiger partial charge in [-0.25, -0.2) is 0 Å². The lowest BCUT2D eigenvalue weighted by atomic mass is 10.2. The van der Waals surface area contributed by atoms with E-state index in [0.717, 1.165) is 11.1 Å². The molecule has 2 aromatic rings. The van der Waals surface area contributed by atoms with Crippen molar-refractivity contribution in [1.82, 2.24) is 19.6 Å². The van der Waals surface area contributed by atoms with Gasteiger partial charge in [0.1, 0.15) is 8.64 Å². The minimum Gasteiger partial charge on any atom is -0.339 e. The molecule has 0 unspecified atom stereocenters. The summed E-state index contributed by atoms with van der Waals surface area (Å²) in [7, 11) is 0. The van der Waals surface area contributed by atoms with Gasteiger partial charge in [-0.1, -0.05) is 108 Å². The summed E-state index contributed by atoms with van der Waals surface area (Å²) in [6.45, 7) is 1.90. The largest absolute Gasteiger partial charge is 0.339 e. The van der Waals surface area contributed by atoms with Crippen molar-refractivity contribution in [3.05, 3.63) is 79.5 Å². The minimum atomic E-state index is -0.246. The first-order valence-corrected chi connectivity index (χ1v) is 16.9. The molecule has 8 nitrogen and oxygen atoms in total. The molecule has 0 aliphatic carbocycles. The second-order valence-corrected chi connectivity index (χ2v) is 14.1. The van der Waals surface area contributed by atoms with Gasteiger partial charge in [0.05, 0.1) is 9.81 Å². The Bertz CT molecular complexity index is 1490. The van der Waals surface area contributed by atoms with Gasteiger partial charge >= 0.3 is 0 Å². The number of carbonyl (C=O) groups is 4. The van der Waals surface area contributed by atoms with Crippen molar-refractivity contribution in [3.63, 3.8) is 0 Å². The van der Waals surface area contributed by atoms with E-state index < -0.39 is 0 Å². The van der Waals surface area contributed by atoms with Gasteiger partial charge in [-0.05, 0) is 35.4 Å². The van der Waals surface area contributed by atoms with E-state index in [4.69, 9.17) is 47.6 Å². The highest BCUT2D eigenvalue weighted by molar-refractivity contribution is 8.27. The highest BCUT2D eigenvalue weighted by Gasteiger charge is 2.34. The number of benzene rings is 2. The number of hydrogen-bond acceptors (Lipinski definition) is 8. The standard InChI is InChI=1S/C30H26Cl2N4O4S4/c31-21-7-3-1-5-19(21)17-23-27(39)35(29(41)43-23)11-9-25(37)33-13-15-34(16-14-33)26(38)10-12-36-28(40)24(44-30(36)42)18-20-6-2-4-8-22(20)32/h1-8,17-18H,9-16H2. The average Bonchev–Trinajstić information content (AvgIpc) is 3.44. The van der Waals surface area contributed by atoms with E-state index in [1.165, 1.54) is 33.3 Å². The zero-order chi connectivity index (χ0) is 31.4. The average molecular weight is 706 g/mol. The summed E-state index contributed by atoms with van der Waals surface area (Å²) in [5.74, 6) is -0.707. The molecule has 0 saturated carbocycles. The van der Waals surface area contributed by atoms with Gasteiger partial charge in [0.2, 0.25) is 11.8 Å². The summed E-state index contributed by atoms with van der Waals surface area (Å²) >= 11 is 25.6. The van der Waals surface area contributed by atoms with Gasteiger partial charge in [-0.3, -0.25) is 29.0 Å². The molecule has 3 aliphatic heterocycles. The zero-order valence-corrected chi connectivity index (χ0v) is 28.0. The summed E-state index contributed by atoms with van der Waals surface area (Å²) in [4.78, 5) is 59.0. The van der Waals surface area contributed by atoms with Crippen molar-refractivity contribution in [3.8, 4) is 0 Å². The second kappa shape index (κ2) is 14.6. The van der Waals surface area contributed by atoms with E-state index in [9.17, 15) is 19.2 Å². The normalized spacial score (nSPS) is 19.2. The molecule has 0 aromatic heterocycles. The van der Waals surface area contributed by atoms with Gasteiger partial charge in [0, 0.05) is 62.2 Å². The number of thiocarbonyl (C=S) groups is 2. The maximum Gasteiger partial charge on any atom is 0.266 e. The third-order valence-corrected chi connectivity index (χ3v) is 10.7. The van der Waals surface area contributed by atoms with Crippen LogP contribution in [-0.2, 0) is 19.2 Å². The predicted molar refractivity (Wildman–Crippen MR) is 185 cm³/mol. The van der Waals surface area contributed by atoms with Crippen molar-refractivity contribution in [2.45, 2.75) is 12.8 Å². The van der Waals surface area contributed by atoms with E-state index in [0.29, 0.717) is 54.7 Å². The number of amides is 4. The quantitative estimate of drug-likeness (QED) is 0.262. The summed E-state index contributed by atoms with van der Waals surface area (Å²) < 4.78 is 0.801. The molecule has 0 spiro atoms. The van der Waals surface area contributed by atoms with E-state index >= 15 is 0 Å². The molecule has 3 aliphatic rings. The van der Waals surface area contributed by atoms with Crippen LogP contribution in [0.4, 0.5) is 0 Å². The van der Waals surface area contributed by atoms with Crippen molar-refractivity contribution in [2.75, 3.05) is 39.3 Å². The Morgan fingerprint density at radius 1 is 0.682 bits per heavy atom. The summed E-state index contributed by atoms with van der Waals surface area (Å²) in [5.41, 5.74) is 1.45. The summed E-state index contributed by atoms with van der Waals surface area (Å²) in [5, 5.41) is 1.07. The minimum absolute atomic E-state index is 0.107. The SMILES string of the molecule is O=C(CCN1C(=O)C(=Cc2ccccc2Cl)SC1=S)N1CCN(C(=O)CCN2C(=O)C(=Cc3ccccc3Cl)SC2=S)CC1. The van der Waals surface area contributed by atoms with Crippen LogP contribution in [0.1, 0.15) is 24.0 Å². The molecular formula is C30H26Cl2N4O4S4. The maximum atomic E-state index is 12.9. The van der Waals surface area contributed by atoms with Crippen molar-refractivity contribution < 1.29 is 19.2 Å². The second-order valence-electron chi connectivity index (χ2n) is 9.97. The van der Waals surface area contributed by atoms with Crippen LogP contribution in [0.2, 0.25) is 10.0 Å². The molecule has 228 valence electrons. The Morgan fingerprint density at radius 2 is 1.05 bits per heavy atom. The number of nitrogens with zero attached hydrogens (tertiary/aromatic N) is 4. The van der Waals surface area contributed by atoms with Crippen LogP contribution in [-0.4, -0.2) is 91.1 Å². The predicted octanol–water partition coefficient (Wildman–Crippen LogP) is 5.55. The third-order valence-electron chi connectivity index (χ3n) is 7.21. The molecule has 0 radical (unpaired) electrons. The van der Waals surface area contributed by atoms with Gasteiger partial charge < -0.3 is 9.80 Å². The molecule has 0 bridgehead atoms. The Balaban J connectivity index is 1.07. The first-order chi connectivity index (χ1) is 21.1. The Labute approximate surface area is 284 Å². The van der Waals surface area contributed by atoms with Gasteiger partial charge in [0.15, 0.2) is 0 Å². The fraction of sp³-hybridized carbons (Fsp3) is 0.267. The number of hydrogen-bond donors (Lipinski definition) is 0. The topological polar surface area (TPSA) is 81.2 Å². The first-order valence-electron chi connectivity index (χ1n) is 13.7. The molecule has 14 heteroatoms. The molecular weight excluding hydrogens is 680 g/mol. The first kappa shape index (κ1) is 32.6. The molecule has 44 heavy (non-hydrogen) atoms. The number of carbonyl (C=O) groups excluding carboxylic acids is 4. The van der Waals surface area contributed by atoms with E-state index in [-0.39, 0.29) is 49.6 Å². The van der Waals surface area contributed by atoms with Gasteiger partial charge in [-0.2, -0.15) is 0 Å². The van der Waals surface area contributed by atoms with Crippen LogP contribution < -0.4 is 0 Å². The number of rotatable bonds is 8. The molecule has 3 fully saturated rings. The Kier molecular flexibility index (Phi) is 10.8. The summed E-state index contributed by atoms with van der Waals surface area (Å²) in [6, 6.07) is 14.4. The highest BCUT2D eigenvalue weighted by atomic mass is 35.5. The summed E-state index contributed by atoms with van der Waals surface area (Å²) in [6.07, 6.45) is 3.66.